The average molecular weight is 233 g/mol. The van der Waals surface area contributed by atoms with E-state index in [1.807, 2.05) is 12.3 Å². The van der Waals surface area contributed by atoms with Crippen LogP contribution in [0.1, 0.15) is 39.0 Å². The fourth-order valence-electron chi connectivity index (χ4n) is 2.54. The number of nitrogens with one attached hydrogen (secondary N) is 2. The summed E-state index contributed by atoms with van der Waals surface area (Å²) in [6, 6.07) is 4.12. The molecule has 2 N–H and O–H groups in total. The van der Waals surface area contributed by atoms with Crippen molar-refractivity contribution >= 4 is 11.5 Å². The zero-order valence-corrected chi connectivity index (χ0v) is 10.7. The molecule has 1 aliphatic rings. The molecule has 0 aromatic carbocycles. The molecule has 0 aliphatic heterocycles. The lowest BCUT2D eigenvalue weighted by atomic mass is 10.0. The minimum atomic E-state index is 0.915. The predicted octanol–water partition coefficient (Wildman–Crippen LogP) is 3.51. The van der Waals surface area contributed by atoms with Gasteiger partial charge in [0, 0.05) is 31.0 Å². The second kappa shape index (κ2) is 6.48. The van der Waals surface area contributed by atoms with E-state index >= 15 is 0 Å². The SMILES string of the molecule is CCNc1cc(NCCC2CCCC2)ccn1. The Kier molecular flexibility index (Phi) is 4.65. The van der Waals surface area contributed by atoms with Crippen LogP contribution in [-0.4, -0.2) is 18.1 Å². The van der Waals surface area contributed by atoms with E-state index in [2.05, 4.69) is 28.6 Å². The predicted molar refractivity (Wildman–Crippen MR) is 73.5 cm³/mol. The summed E-state index contributed by atoms with van der Waals surface area (Å²) >= 11 is 0. The van der Waals surface area contributed by atoms with Gasteiger partial charge in [-0.3, -0.25) is 0 Å². The quantitative estimate of drug-likeness (QED) is 0.789. The van der Waals surface area contributed by atoms with Crippen molar-refractivity contribution in [2.24, 2.45) is 5.92 Å². The van der Waals surface area contributed by atoms with Crippen molar-refractivity contribution in [2.75, 3.05) is 23.7 Å². The lowest BCUT2D eigenvalue weighted by Crippen LogP contribution is -2.07. The van der Waals surface area contributed by atoms with Crippen molar-refractivity contribution in [3.63, 3.8) is 0 Å². The molecule has 1 aromatic rings. The summed E-state index contributed by atoms with van der Waals surface area (Å²) in [5.41, 5.74) is 1.17. The van der Waals surface area contributed by atoms with Crippen LogP contribution in [0.15, 0.2) is 18.3 Å². The third kappa shape index (κ3) is 3.91. The van der Waals surface area contributed by atoms with E-state index in [0.717, 1.165) is 24.8 Å². The summed E-state index contributed by atoms with van der Waals surface area (Å²) < 4.78 is 0. The van der Waals surface area contributed by atoms with E-state index in [0.29, 0.717) is 0 Å². The molecule has 17 heavy (non-hydrogen) atoms. The second-order valence-electron chi connectivity index (χ2n) is 4.83. The number of hydrogen-bond acceptors (Lipinski definition) is 3. The molecule has 0 atom stereocenters. The Morgan fingerprint density at radius 1 is 1.29 bits per heavy atom. The van der Waals surface area contributed by atoms with E-state index in [1.165, 1.54) is 37.8 Å². The molecule has 2 rings (SSSR count). The fourth-order valence-corrected chi connectivity index (χ4v) is 2.54. The molecule has 0 bridgehead atoms. The van der Waals surface area contributed by atoms with Crippen LogP contribution in [0, 0.1) is 5.92 Å². The molecule has 1 heterocycles. The maximum absolute atomic E-state index is 4.26. The number of nitrogens with zero attached hydrogens (tertiary/aromatic N) is 1. The van der Waals surface area contributed by atoms with Gasteiger partial charge in [-0.2, -0.15) is 0 Å². The van der Waals surface area contributed by atoms with Crippen LogP contribution in [0.3, 0.4) is 0 Å². The van der Waals surface area contributed by atoms with E-state index in [-0.39, 0.29) is 0 Å². The van der Waals surface area contributed by atoms with Crippen molar-refractivity contribution in [3.05, 3.63) is 18.3 Å². The Morgan fingerprint density at radius 3 is 2.88 bits per heavy atom. The highest BCUT2D eigenvalue weighted by molar-refractivity contribution is 5.51. The molecule has 0 spiro atoms. The number of aromatic nitrogens is 1. The maximum Gasteiger partial charge on any atom is 0.127 e. The van der Waals surface area contributed by atoms with E-state index in [9.17, 15) is 0 Å². The standard InChI is InChI=1S/C14H23N3/c1-2-15-14-11-13(8-10-17-14)16-9-7-12-5-3-4-6-12/h8,10-12H,2-7,9H2,1H3,(H2,15,16,17). The van der Waals surface area contributed by atoms with Gasteiger partial charge in [0.05, 0.1) is 0 Å². The van der Waals surface area contributed by atoms with E-state index < -0.39 is 0 Å². The zero-order valence-electron chi connectivity index (χ0n) is 10.7. The number of rotatable bonds is 6. The van der Waals surface area contributed by atoms with Crippen molar-refractivity contribution in [2.45, 2.75) is 39.0 Å². The van der Waals surface area contributed by atoms with Crippen molar-refractivity contribution in [3.8, 4) is 0 Å². The molecule has 0 radical (unpaired) electrons. The minimum Gasteiger partial charge on any atom is -0.385 e. The van der Waals surface area contributed by atoms with E-state index in [1.54, 1.807) is 0 Å². The van der Waals surface area contributed by atoms with Gasteiger partial charge in [0.25, 0.3) is 0 Å². The summed E-state index contributed by atoms with van der Waals surface area (Å²) in [6.07, 6.45) is 8.89. The number of pyridine rings is 1. The third-order valence-electron chi connectivity index (χ3n) is 3.47. The van der Waals surface area contributed by atoms with Gasteiger partial charge in [-0.1, -0.05) is 25.7 Å². The monoisotopic (exact) mass is 233 g/mol. The first-order valence-corrected chi connectivity index (χ1v) is 6.82. The highest BCUT2D eigenvalue weighted by Crippen LogP contribution is 2.27. The topological polar surface area (TPSA) is 37.0 Å². The Hall–Kier alpha value is -1.25. The normalized spacial score (nSPS) is 16.1. The molecular weight excluding hydrogens is 210 g/mol. The Balaban J connectivity index is 1.75. The molecule has 3 nitrogen and oxygen atoms in total. The van der Waals surface area contributed by atoms with Gasteiger partial charge in [0.1, 0.15) is 5.82 Å². The maximum atomic E-state index is 4.26. The van der Waals surface area contributed by atoms with Crippen LogP contribution in [0.5, 0.6) is 0 Å². The van der Waals surface area contributed by atoms with Crippen LogP contribution in [0.2, 0.25) is 0 Å². The Labute approximate surface area is 104 Å². The van der Waals surface area contributed by atoms with Crippen molar-refractivity contribution < 1.29 is 0 Å². The molecule has 94 valence electrons. The average Bonchev–Trinajstić information content (AvgIpc) is 2.83. The molecule has 1 aliphatic carbocycles. The summed E-state index contributed by atoms with van der Waals surface area (Å²) in [5.74, 6) is 1.91. The number of hydrogen-bond donors (Lipinski definition) is 2. The van der Waals surface area contributed by atoms with Crippen molar-refractivity contribution in [1.29, 1.82) is 0 Å². The zero-order chi connectivity index (χ0) is 11.9. The largest absolute Gasteiger partial charge is 0.385 e. The molecular formula is C14H23N3. The Morgan fingerprint density at radius 2 is 2.12 bits per heavy atom. The molecule has 0 saturated heterocycles. The lowest BCUT2D eigenvalue weighted by molar-refractivity contribution is 0.518. The third-order valence-corrected chi connectivity index (χ3v) is 3.47. The molecule has 0 unspecified atom stereocenters. The molecule has 0 amide bonds. The van der Waals surface area contributed by atoms with Gasteiger partial charge in [-0.15, -0.1) is 0 Å². The fraction of sp³-hybridized carbons (Fsp3) is 0.643. The smallest absolute Gasteiger partial charge is 0.127 e. The lowest BCUT2D eigenvalue weighted by Gasteiger charge is -2.11. The minimum absolute atomic E-state index is 0.915. The van der Waals surface area contributed by atoms with Gasteiger partial charge < -0.3 is 10.6 Å². The van der Waals surface area contributed by atoms with Crippen LogP contribution < -0.4 is 10.6 Å². The van der Waals surface area contributed by atoms with Gasteiger partial charge in [0.15, 0.2) is 0 Å². The summed E-state index contributed by atoms with van der Waals surface area (Å²) in [5, 5.41) is 6.72. The van der Waals surface area contributed by atoms with Gasteiger partial charge >= 0.3 is 0 Å². The molecule has 3 heteroatoms. The highest BCUT2D eigenvalue weighted by atomic mass is 15.0. The Bertz CT molecular complexity index is 332. The first kappa shape index (κ1) is 12.2. The molecule has 1 aromatic heterocycles. The second-order valence-corrected chi connectivity index (χ2v) is 4.83. The first-order chi connectivity index (χ1) is 8.38. The van der Waals surface area contributed by atoms with Crippen LogP contribution >= 0.6 is 0 Å². The summed E-state index contributed by atoms with van der Waals surface area (Å²) in [4.78, 5) is 4.26. The number of anilines is 2. The summed E-state index contributed by atoms with van der Waals surface area (Å²) in [7, 11) is 0. The highest BCUT2D eigenvalue weighted by Gasteiger charge is 2.13. The summed E-state index contributed by atoms with van der Waals surface area (Å²) in [6.45, 7) is 4.08. The van der Waals surface area contributed by atoms with Crippen LogP contribution in [-0.2, 0) is 0 Å². The molecule has 1 saturated carbocycles. The van der Waals surface area contributed by atoms with Crippen molar-refractivity contribution in [1.82, 2.24) is 4.98 Å². The van der Waals surface area contributed by atoms with Gasteiger partial charge in [-0.25, -0.2) is 4.98 Å². The van der Waals surface area contributed by atoms with Gasteiger partial charge in [-0.05, 0) is 25.3 Å². The van der Waals surface area contributed by atoms with Gasteiger partial charge in [0.2, 0.25) is 0 Å². The molecule has 1 fully saturated rings. The first-order valence-electron chi connectivity index (χ1n) is 6.82. The van der Waals surface area contributed by atoms with E-state index in [4.69, 9.17) is 0 Å². The van der Waals surface area contributed by atoms with Crippen LogP contribution in [0.4, 0.5) is 11.5 Å². The van der Waals surface area contributed by atoms with Crippen LogP contribution in [0.25, 0.3) is 0 Å².